The molecule has 1 N–H and O–H groups in total. The van der Waals surface area contributed by atoms with Crippen molar-refractivity contribution in [2.24, 2.45) is 7.05 Å². The van der Waals surface area contributed by atoms with Gasteiger partial charge in [0.05, 0.1) is 23.4 Å². The molecule has 0 aliphatic heterocycles. The van der Waals surface area contributed by atoms with Crippen molar-refractivity contribution in [3.8, 4) is 0 Å². The topological polar surface area (TPSA) is 47.7 Å². The SMILES string of the molecule is CNCc1cnc(C)n1Cc1nn(C)c2ccccc12. The Balaban J connectivity index is 2.03. The average Bonchev–Trinajstić information content (AvgIpc) is 2.95. The Labute approximate surface area is 118 Å². The molecule has 5 heteroatoms. The van der Waals surface area contributed by atoms with Crippen LogP contribution in [0.25, 0.3) is 10.9 Å². The van der Waals surface area contributed by atoms with E-state index in [4.69, 9.17) is 0 Å². The van der Waals surface area contributed by atoms with E-state index < -0.39 is 0 Å². The number of para-hydroxylation sites is 1. The van der Waals surface area contributed by atoms with Crippen molar-refractivity contribution in [2.45, 2.75) is 20.0 Å². The number of hydrogen-bond donors (Lipinski definition) is 1. The molecule has 0 aliphatic rings. The van der Waals surface area contributed by atoms with Crippen molar-refractivity contribution < 1.29 is 0 Å². The predicted octanol–water partition coefficient (Wildman–Crippen LogP) is 1.85. The highest BCUT2D eigenvalue weighted by Gasteiger charge is 2.12. The minimum absolute atomic E-state index is 0.754. The van der Waals surface area contributed by atoms with Crippen LogP contribution in [0.15, 0.2) is 30.5 Å². The normalized spacial score (nSPS) is 11.3. The Morgan fingerprint density at radius 2 is 2.05 bits per heavy atom. The molecule has 0 saturated heterocycles. The fourth-order valence-corrected chi connectivity index (χ4v) is 2.61. The Morgan fingerprint density at radius 1 is 1.25 bits per heavy atom. The van der Waals surface area contributed by atoms with Gasteiger partial charge in [0.2, 0.25) is 0 Å². The quantitative estimate of drug-likeness (QED) is 0.786. The number of imidazole rings is 1. The lowest BCUT2D eigenvalue weighted by molar-refractivity contribution is 0.654. The zero-order valence-corrected chi connectivity index (χ0v) is 12.1. The Bertz CT molecular complexity index is 738. The summed E-state index contributed by atoms with van der Waals surface area (Å²) >= 11 is 0. The number of aryl methyl sites for hydroxylation is 2. The van der Waals surface area contributed by atoms with Crippen LogP contribution in [-0.2, 0) is 20.1 Å². The molecule has 0 saturated carbocycles. The van der Waals surface area contributed by atoms with Crippen LogP contribution in [-0.4, -0.2) is 26.4 Å². The fourth-order valence-electron chi connectivity index (χ4n) is 2.61. The lowest BCUT2D eigenvalue weighted by Crippen LogP contribution is -2.13. The largest absolute Gasteiger partial charge is 0.325 e. The molecule has 1 aromatic carbocycles. The minimum Gasteiger partial charge on any atom is -0.325 e. The van der Waals surface area contributed by atoms with Crippen molar-refractivity contribution in [1.82, 2.24) is 24.6 Å². The molecule has 0 radical (unpaired) electrons. The van der Waals surface area contributed by atoms with E-state index in [1.807, 2.05) is 38.0 Å². The van der Waals surface area contributed by atoms with Gasteiger partial charge < -0.3 is 9.88 Å². The van der Waals surface area contributed by atoms with E-state index in [1.165, 1.54) is 11.1 Å². The maximum atomic E-state index is 4.65. The first-order valence-electron chi connectivity index (χ1n) is 6.77. The molecule has 5 nitrogen and oxygen atoms in total. The summed E-state index contributed by atoms with van der Waals surface area (Å²) in [5.74, 6) is 1.02. The molecule has 3 aromatic rings. The van der Waals surface area contributed by atoms with E-state index in [2.05, 4.69) is 38.2 Å². The second kappa shape index (κ2) is 5.09. The van der Waals surface area contributed by atoms with Crippen molar-refractivity contribution in [1.29, 1.82) is 0 Å². The van der Waals surface area contributed by atoms with Crippen LogP contribution < -0.4 is 5.32 Å². The molecule has 3 rings (SSSR count). The first kappa shape index (κ1) is 12.9. The Kier molecular flexibility index (Phi) is 3.28. The zero-order chi connectivity index (χ0) is 14.1. The third-order valence-corrected chi connectivity index (χ3v) is 3.64. The van der Waals surface area contributed by atoms with Crippen LogP contribution in [0.4, 0.5) is 0 Å². The molecule has 2 aromatic heterocycles. The molecule has 0 bridgehead atoms. The average molecular weight is 269 g/mol. The molecule has 0 atom stereocenters. The molecule has 104 valence electrons. The van der Waals surface area contributed by atoms with Crippen LogP contribution >= 0.6 is 0 Å². The Hall–Kier alpha value is -2.14. The highest BCUT2D eigenvalue weighted by Crippen LogP contribution is 2.19. The molecule has 2 heterocycles. The summed E-state index contributed by atoms with van der Waals surface area (Å²) in [5, 5.41) is 9.04. The molecule has 20 heavy (non-hydrogen) atoms. The van der Waals surface area contributed by atoms with Gasteiger partial charge in [-0.15, -0.1) is 0 Å². The van der Waals surface area contributed by atoms with E-state index in [9.17, 15) is 0 Å². The van der Waals surface area contributed by atoms with Gasteiger partial charge in [-0.05, 0) is 20.0 Å². The van der Waals surface area contributed by atoms with Crippen LogP contribution in [0.3, 0.4) is 0 Å². The zero-order valence-electron chi connectivity index (χ0n) is 12.1. The summed E-state index contributed by atoms with van der Waals surface area (Å²) in [6.45, 7) is 3.60. The van der Waals surface area contributed by atoms with E-state index in [-0.39, 0.29) is 0 Å². The van der Waals surface area contributed by atoms with Gasteiger partial charge in [-0.1, -0.05) is 18.2 Å². The molecule has 0 unspecified atom stereocenters. The van der Waals surface area contributed by atoms with Gasteiger partial charge >= 0.3 is 0 Å². The van der Waals surface area contributed by atoms with Crippen LogP contribution in [0.1, 0.15) is 17.2 Å². The van der Waals surface area contributed by atoms with Gasteiger partial charge in [-0.25, -0.2) is 4.98 Å². The molecule has 0 spiro atoms. The van der Waals surface area contributed by atoms with Crippen molar-refractivity contribution in [3.05, 3.63) is 47.7 Å². The summed E-state index contributed by atoms with van der Waals surface area (Å²) in [5.41, 5.74) is 3.43. The van der Waals surface area contributed by atoms with E-state index in [0.29, 0.717) is 0 Å². The second-order valence-corrected chi connectivity index (χ2v) is 5.00. The number of fused-ring (bicyclic) bond motifs is 1. The van der Waals surface area contributed by atoms with Gasteiger partial charge in [0.25, 0.3) is 0 Å². The molecular weight excluding hydrogens is 250 g/mol. The van der Waals surface area contributed by atoms with Crippen LogP contribution in [0.2, 0.25) is 0 Å². The molecular formula is C15H19N5. The standard InChI is InChI=1S/C15H19N5/c1-11-17-9-12(8-16-2)20(11)10-14-13-6-4-5-7-15(13)19(3)18-14/h4-7,9,16H,8,10H2,1-3H3. The summed E-state index contributed by atoms with van der Waals surface area (Å²) in [4.78, 5) is 4.41. The van der Waals surface area contributed by atoms with Crippen molar-refractivity contribution >= 4 is 10.9 Å². The first-order chi connectivity index (χ1) is 9.70. The van der Waals surface area contributed by atoms with E-state index >= 15 is 0 Å². The summed E-state index contributed by atoms with van der Waals surface area (Å²) < 4.78 is 4.15. The van der Waals surface area contributed by atoms with Crippen molar-refractivity contribution in [3.63, 3.8) is 0 Å². The van der Waals surface area contributed by atoms with Gasteiger partial charge in [-0.2, -0.15) is 5.10 Å². The van der Waals surface area contributed by atoms with E-state index in [0.717, 1.165) is 30.1 Å². The summed E-state index contributed by atoms with van der Waals surface area (Å²) in [7, 11) is 3.93. The Morgan fingerprint density at radius 3 is 2.85 bits per heavy atom. The predicted molar refractivity (Wildman–Crippen MR) is 79.5 cm³/mol. The number of benzene rings is 1. The monoisotopic (exact) mass is 269 g/mol. The van der Waals surface area contributed by atoms with Gasteiger partial charge in [-0.3, -0.25) is 4.68 Å². The minimum atomic E-state index is 0.754. The van der Waals surface area contributed by atoms with Gasteiger partial charge in [0.15, 0.2) is 0 Å². The number of aromatic nitrogens is 4. The fraction of sp³-hybridized carbons (Fsp3) is 0.333. The van der Waals surface area contributed by atoms with Gasteiger partial charge in [0, 0.05) is 25.2 Å². The van der Waals surface area contributed by atoms with E-state index in [1.54, 1.807) is 0 Å². The summed E-state index contributed by atoms with van der Waals surface area (Å²) in [6.07, 6.45) is 1.93. The smallest absolute Gasteiger partial charge is 0.106 e. The second-order valence-electron chi connectivity index (χ2n) is 5.00. The lowest BCUT2D eigenvalue weighted by atomic mass is 10.2. The highest BCUT2D eigenvalue weighted by molar-refractivity contribution is 5.81. The van der Waals surface area contributed by atoms with Crippen molar-refractivity contribution in [2.75, 3.05) is 7.05 Å². The molecule has 0 fully saturated rings. The summed E-state index contributed by atoms with van der Waals surface area (Å²) in [6, 6.07) is 8.33. The van der Waals surface area contributed by atoms with Crippen LogP contribution in [0.5, 0.6) is 0 Å². The molecule has 0 amide bonds. The number of nitrogens with zero attached hydrogens (tertiary/aromatic N) is 4. The van der Waals surface area contributed by atoms with Gasteiger partial charge in [0.1, 0.15) is 5.82 Å². The highest BCUT2D eigenvalue weighted by atomic mass is 15.3. The third-order valence-electron chi connectivity index (χ3n) is 3.64. The number of nitrogens with one attached hydrogen (secondary N) is 1. The number of rotatable bonds is 4. The first-order valence-corrected chi connectivity index (χ1v) is 6.77. The maximum absolute atomic E-state index is 4.65. The number of hydrogen-bond acceptors (Lipinski definition) is 3. The van der Waals surface area contributed by atoms with Crippen LogP contribution in [0, 0.1) is 6.92 Å². The lowest BCUT2D eigenvalue weighted by Gasteiger charge is -2.08. The maximum Gasteiger partial charge on any atom is 0.106 e. The third kappa shape index (κ3) is 2.10. The molecule has 0 aliphatic carbocycles.